The van der Waals surface area contributed by atoms with Crippen molar-refractivity contribution in [3.63, 3.8) is 0 Å². The summed E-state index contributed by atoms with van der Waals surface area (Å²) >= 11 is 0. The maximum absolute atomic E-state index is 12.1. The van der Waals surface area contributed by atoms with E-state index < -0.39 is 5.41 Å². The van der Waals surface area contributed by atoms with E-state index in [0.717, 1.165) is 16.9 Å². The molecular formula is C16H19N7O. The number of H-pyrrole nitrogens is 1. The number of benzene rings is 1. The molecule has 8 nitrogen and oxygen atoms in total. The summed E-state index contributed by atoms with van der Waals surface area (Å²) in [6.07, 6.45) is 1.51. The van der Waals surface area contributed by atoms with E-state index in [0.29, 0.717) is 0 Å². The molecule has 8 heteroatoms. The zero-order chi connectivity index (χ0) is 17.7. The number of anilines is 2. The van der Waals surface area contributed by atoms with Crippen molar-refractivity contribution in [3.8, 4) is 6.07 Å². The maximum Gasteiger partial charge on any atom is 0.229 e. The van der Waals surface area contributed by atoms with Crippen LogP contribution in [-0.4, -0.2) is 26.5 Å². The highest BCUT2D eigenvalue weighted by Crippen LogP contribution is 2.23. The van der Waals surface area contributed by atoms with Crippen molar-refractivity contribution < 1.29 is 4.79 Å². The van der Waals surface area contributed by atoms with Gasteiger partial charge in [-0.05, 0) is 35.9 Å². The van der Waals surface area contributed by atoms with Crippen LogP contribution in [0.25, 0.3) is 5.57 Å². The van der Waals surface area contributed by atoms with Crippen molar-refractivity contribution in [3.05, 3.63) is 35.8 Å². The molecular weight excluding hydrogens is 306 g/mol. The Labute approximate surface area is 140 Å². The second-order valence-corrected chi connectivity index (χ2v) is 6.28. The number of nitrogens with one attached hydrogen (secondary N) is 3. The van der Waals surface area contributed by atoms with Crippen molar-refractivity contribution in [2.24, 2.45) is 5.41 Å². The number of carbonyl (C=O) groups is 1. The highest BCUT2D eigenvalue weighted by atomic mass is 16.2. The Morgan fingerprint density at radius 3 is 2.67 bits per heavy atom. The van der Waals surface area contributed by atoms with Crippen LogP contribution in [0.15, 0.2) is 24.4 Å². The van der Waals surface area contributed by atoms with Crippen LogP contribution in [0.3, 0.4) is 0 Å². The minimum absolute atomic E-state index is 0.0462. The maximum atomic E-state index is 12.1. The van der Waals surface area contributed by atoms with E-state index in [2.05, 4.69) is 31.3 Å². The molecule has 0 spiro atoms. The largest absolute Gasteiger partial charge is 0.360 e. The van der Waals surface area contributed by atoms with E-state index >= 15 is 0 Å². The van der Waals surface area contributed by atoms with Gasteiger partial charge in [0.1, 0.15) is 11.6 Å². The van der Waals surface area contributed by atoms with E-state index in [1.807, 2.05) is 52.0 Å². The van der Waals surface area contributed by atoms with Gasteiger partial charge in [0.2, 0.25) is 11.7 Å². The fourth-order valence-corrected chi connectivity index (χ4v) is 1.78. The zero-order valence-electron chi connectivity index (χ0n) is 14.0. The molecule has 0 unspecified atom stereocenters. The molecule has 1 aromatic carbocycles. The van der Waals surface area contributed by atoms with Crippen molar-refractivity contribution >= 4 is 22.9 Å². The summed E-state index contributed by atoms with van der Waals surface area (Å²) in [6.45, 7) is 7.48. The van der Waals surface area contributed by atoms with Crippen molar-refractivity contribution in [1.29, 1.82) is 5.26 Å². The first-order valence-corrected chi connectivity index (χ1v) is 7.34. The van der Waals surface area contributed by atoms with E-state index in [4.69, 9.17) is 5.26 Å². The minimum Gasteiger partial charge on any atom is -0.360 e. The van der Waals surface area contributed by atoms with Gasteiger partial charge in [-0.25, -0.2) is 0 Å². The molecule has 3 N–H and O–H groups in total. The molecule has 0 saturated carbocycles. The Kier molecular flexibility index (Phi) is 4.94. The number of allylic oxidation sites excluding steroid dienone is 1. The van der Waals surface area contributed by atoms with E-state index in [-0.39, 0.29) is 17.3 Å². The number of aryl methyl sites for hydroxylation is 1. The van der Waals surface area contributed by atoms with Crippen LogP contribution < -0.4 is 10.6 Å². The lowest BCUT2D eigenvalue weighted by molar-refractivity contribution is -0.123. The lowest BCUT2D eigenvalue weighted by Gasteiger charge is -2.19. The SMILES string of the molecule is Cc1cc(NC=C(C#N)c2nn[nH]n2)ccc1NC(=O)C(C)(C)C. The van der Waals surface area contributed by atoms with Gasteiger partial charge in [0, 0.05) is 23.0 Å². The van der Waals surface area contributed by atoms with Crippen molar-refractivity contribution in [2.45, 2.75) is 27.7 Å². The molecule has 2 rings (SSSR count). The molecule has 0 radical (unpaired) electrons. The molecule has 1 amide bonds. The van der Waals surface area contributed by atoms with Crippen LogP contribution in [0.2, 0.25) is 0 Å². The Morgan fingerprint density at radius 1 is 1.38 bits per heavy atom. The molecule has 2 aromatic rings. The standard InChI is InChI=1S/C16H19N7O/c1-10-7-12(5-6-13(10)19-15(24)16(2,3)4)18-9-11(8-17)14-20-22-23-21-14/h5-7,9,18H,1-4H3,(H,19,24)(H,20,21,22,23). The quantitative estimate of drug-likeness (QED) is 0.743. The summed E-state index contributed by atoms with van der Waals surface area (Å²) < 4.78 is 0. The number of aromatic nitrogens is 4. The zero-order valence-corrected chi connectivity index (χ0v) is 14.0. The predicted molar refractivity (Wildman–Crippen MR) is 90.7 cm³/mol. The predicted octanol–water partition coefficient (Wildman–Crippen LogP) is 2.47. The molecule has 0 bridgehead atoms. The smallest absolute Gasteiger partial charge is 0.229 e. The first-order chi connectivity index (χ1) is 11.3. The van der Waals surface area contributed by atoms with Crippen molar-refractivity contribution in [1.82, 2.24) is 20.6 Å². The Hall–Kier alpha value is -3.21. The fraction of sp³-hybridized carbons (Fsp3) is 0.312. The summed E-state index contributed by atoms with van der Waals surface area (Å²) in [5.41, 5.74) is 2.23. The van der Waals surface area contributed by atoms with Crippen LogP contribution in [0, 0.1) is 23.7 Å². The number of hydrogen-bond donors (Lipinski definition) is 3. The molecule has 0 fully saturated rings. The van der Waals surface area contributed by atoms with Gasteiger partial charge >= 0.3 is 0 Å². The minimum atomic E-state index is -0.460. The normalized spacial score (nSPS) is 11.7. The van der Waals surface area contributed by atoms with Crippen LogP contribution in [-0.2, 0) is 4.79 Å². The van der Waals surface area contributed by atoms with Gasteiger partial charge < -0.3 is 10.6 Å². The van der Waals surface area contributed by atoms with Crippen LogP contribution >= 0.6 is 0 Å². The van der Waals surface area contributed by atoms with Gasteiger partial charge in [-0.2, -0.15) is 10.5 Å². The lowest BCUT2D eigenvalue weighted by atomic mass is 9.95. The van der Waals surface area contributed by atoms with E-state index in [1.165, 1.54) is 6.20 Å². The van der Waals surface area contributed by atoms with E-state index in [1.54, 1.807) is 0 Å². The number of rotatable bonds is 4. The number of carbonyl (C=O) groups excluding carboxylic acids is 1. The van der Waals surface area contributed by atoms with Gasteiger partial charge in [-0.3, -0.25) is 4.79 Å². The highest BCUT2D eigenvalue weighted by Gasteiger charge is 2.21. The second-order valence-electron chi connectivity index (χ2n) is 6.28. The topological polar surface area (TPSA) is 119 Å². The molecule has 1 heterocycles. The molecule has 0 aliphatic heterocycles. The first-order valence-electron chi connectivity index (χ1n) is 7.34. The van der Waals surface area contributed by atoms with Crippen LogP contribution in [0.4, 0.5) is 11.4 Å². The summed E-state index contributed by atoms with van der Waals surface area (Å²) in [6, 6.07) is 7.50. The van der Waals surface area contributed by atoms with Gasteiger partial charge in [0.15, 0.2) is 0 Å². The number of aromatic amines is 1. The summed E-state index contributed by atoms with van der Waals surface area (Å²) in [5.74, 6) is 0.172. The fourth-order valence-electron chi connectivity index (χ4n) is 1.78. The van der Waals surface area contributed by atoms with Gasteiger partial charge in [0.05, 0.1) is 0 Å². The third-order valence-corrected chi connectivity index (χ3v) is 3.25. The van der Waals surface area contributed by atoms with Gasteiger partial charge in [-0.1, -0.05) is 20.8 Å². The number of nitriles is 1. The van der Waals surface area contributed by atoms with Crippen LogP contribution in [0.1, 0.15) is 32.2 Å². The van der Waals surface area contributed by atoms with E-state index in [9.17, 15) is 4.79 Å². The summed E-state index contributed by atoms with van der Waals surface area (Å²) in [7, 11) is 0. The molecule has 124 valence electrons. The third kappa shape index (κ3) is 4.16. The molecule has 0 aliphatic carbocycles. The first kappa shape index (κ1) is 17.1. The molecule has 0 saturated heterocycles. The number of amides is 1. The Bertz CT molecular complexity index is 795. The van der Waals surface area contributed by atoms with Gasteiger partial charge in [0.25, 0.3) is 0 Å². The molecule has 0 aliphatic rings. The Balaban J connectivity index is 2.13. The molecule has 24 heavy (non-hydrogen) atoms. The Morgan fingerprint density at radius 2 is 2.12 bits per heavy atom. The number of nitrogens with zero attached hydrogens (tertiary/aromatic N) is 4. The molecule has 1 aromatic heterocycles. The summed E-state index contributed by atoms with van der Waals surface area (Å²) in [4.78, 5) is 12.1. The average molecular weight is 325 g/mol. The second kappa shape index (κ2) is 6.91. The number of tetrazole rings is 1. The van der Waals surface area contributed by atoms with Crippen molar-refractivity contribution in [2.75, 3.05) is 10.6 Å². The third-order valence-electron chi connectivity index (χ3n) is 3.25. The average Bonchev–Trinajstić information content (AvgIpc) is 3.03. The molecule has 0 atom stereocenters. The lowest BCUT2D eigenvalue weighted by Crippen LogP contribution is -2.27. The summed E-state index contributed by atoms with van der Waals surface area (Å²) in [5, 5.41) is 28.3. The van der Waals surface area contributed by atoms with Gasteiger partial charge in [-0.15, -0.1) is 10.2 Å². The highest BCUT2D eigenvalue weighted by molar-refractivity contribution is 5.95. The monoisotopic (exact) mass is 325 g/mol. The van der Waals surface area contributed by atoms with Crippen LogP contribution in [0.5, 0.6) is 0 Å². The number of hydrogen-bond acceptors (Lipinski definition) is 6.